The maximum absolute atomic E-state index is 10.1. The minimum atomic E-state index is -0.421. The smallest absolute Gasteiger partial charge is 0.0978 e. The molecule has 1 atom stereocenters. The second-order valence-electron chi connectivity index (χ2n) is 5.06. The second kappa shape index (κ2) is 4.94. The van der Waals surface area contributed by atoms with E-state index in [4.69, 9.17) is 0 Å². The van der Waals surface area contributed by atoms with Crippen LogP contribution in [0.4, 0.5) is 0 Å². The molecule has 3 rings (SSSR count). The quantitative estimate of drug-likeness (QED) is 0.875. The van der Waals surface area contributed by atoms with Gasteiger partial charge in [-0.05, 0) is 37.0 Å². The Bertz CT molecular complexity index is 502. The highest BCUT2D eigenvalue weighted by Crippen LogP contribution is 2.35. The van der Waals surface area contributed by atoms with Gasteiger partial charge in [-0.2, -0.15) is 5.10 Å². The van der Waals surface area contributed by atoms with Crippen molar-refractivity contribution in [1.82, 2.24) is 9.78 Å². The van der Waals surface area contributed by atoms with Crippen LogP contribution in [0.3, 0.4) is 0 Å². The predicted octanol–water partition coefficient (Wildman–Crippen LogP) is 3.10. The zero-order valence-electron chi connectivity index (χ0n) is 10.4. The van der Waals surface area contributed by atoms with Crippen LogP contribution in [0.2, 0.25) is 0 Å². The highest BCUT2D eigenvalue weighted by Gasteiger charge is 2.23. The first kappa shape index (κ1) is 11.5. The molecule has 1 unspecified atom stereocenters. The lowest BCUT2D eigenvalue weighted by atomic mass is 10.1. The summed E-state index contributed by atoms with van der Waals surface area (Å²) >= 11 is 0. The molecule has 0 amide bonds. The average Bonchev–Trinajstić information content (AvgIpc) is 3.11. The molecule has 0 radical (unpaired) electrons. The predicted molar refractivity (Wildman–Crippen MR) is 70.5 cm³/mol. The standard InChI is InChI=1S/C15H18N2O/c18-15(9-8-12-6-7-12)14-10-11-17(16-14)13-4-2-1-3-5-13/h1-5,10-12,15,18H,6-9H2. The van der Waals surface area contributed by atoms with Crippen LogP contribution in [0.5, 0.6) is 0 Å². The van der Waals surface area contributed by atoms with E-state index in [1.54, 1.807) is 0 Å². The molecule has 0 saturated heterocycles. The summed E-state index contributed by atoms with van der Waals surface area (Å²) in [6.07, 6.45) is 6.12. The highest BCUT2D eigenvalue weighted by molar-refractivity contribution is 5.30. The minimum absolute atomic E-state index is 0.421. The van der Waals surface area contributed by atoms with E-state index in [9.17, 15) is 5.11 Å². The Labute approximate surface area is 107 Å². The van der Waals surface area contributed by atoms with Crippen molar-refractivity contribution in [2.45, 2.75) is 31.8 Å². The summed E-state index contributed by atoms with van der Waals surface area (Å²) in [5.74, 6) is 0.857. The lowest BCUT2D eigenvalue weighted by Crippen LogP contribution is -2.01. The van der Waals surface area contributed by atoms with E-state index in [0.717, 1.165) is 30.1 Å². The summed E-state index contributed by atoms with van der Waals surface area (Å²) in [4.78, 5) is 0. The van der Waals surface area contributed by atoms with E-state index in [1.807, 2.05) is 47.3 Å². The van der Waals surface area contributed by atoms with Crippen LogP contribution in [0, 0.1) is 5.92 Å². The number of aliphatic hydroxyl groups excluding tert-OH is 1. The maximum atomic E-state index is 10.1. The van der Waals surface area contributed by atoms with Gasteiger partial charge in [0.05, 0.1) is 17.5 Å². The third-order valence-electron chi connectivity index (χ3n) is 3.52. The molecule has 1 heterocycles. The fourth-order valence-electron chi connectivity index (χ4n) is 2.19. The molecule has 1 fully saturated rings. The summed E-state index contributed by atoms with van der Waals surface area (Å²) in [7, 11) is 0. The van der Waals surface area contributed by atoms with Crippen LogP contribution in [0.15, 0.2) is 42.6 Å². The second-order valence-corrected chi connectivity index (χ2v) is 5.06. The van der Waals surface area contributed by atoms with Crippen molar-refractivity contribution in [2.24, 2.45) is 5.92 Å². The fraction of sp³-hybridized carbons (Fsp3) is 0.400. The van der Waals surface area contributed by atoms with Gasteiger partial charge in [0, 0.05) is 6.20 Å². The number of hydrogen-bond donors (Lipinski definition) is 1. The average molecular weight is 242 g/mol. The number of nitrogens with zero attached hydrogens (tertiary/aromatic N) is 2. The minimum Gasteiger partial charge on any atom is -0.387 e. The zero-order chi connectivity index (χ0) is 12.4. The summed E-state index contributed by atoms with van der Waals surface area (Å²) in [6, 6.07) is 11.9. The zero-order valence-corrected chi connectivity index (χ0v) is 10.4. The van der Waals surface area contributed by atoms with Gasteiger partial charge in [0.25, 0.3) is 0 Å². The van der Waals surface area contributed by atoms with Crippen LogP contribution in [0.25, 0.3) is 5.69 Å². The molecule has 1 aromatic carbocycles. The van der Waals surface area contributed by atoms with Crippen LogP contribution >= 0.6 is 0 Å². The van der Waals surface area contributed by atoms with Crippen molar-refractivity contribution >= 4 is 0 Å². The SMILES string of the molecule is OC(CCC1CC1)c1ccn(-c2ccccc2)n1. The van der Waals surface area contributed by atoms with Gasteiger partial charge in [-0.25, -0.2) is 4.68 Å². The molecule has 1 aliphatic carbocycles. The van der Waals surface area contributed by atoms with Crippen LogP contribution < -0.4 is 0 Å². The third-order valence-corrected chi connectivity index (χ3v) is 3.52. The van der Waals surface area contributed by atoms with Gasteiger partial charge in [0.2, 0.25) is 0 Å². The van der Waals surface area contributed by atoms with Gasteiger partial charge in [-0.15, -0.1) is 0 Å². The van der Waals surface area contributed by atoms with Crippen LogP contribution in [-0.2, 0) is 0 Å². The van der Waals surface area contributed by atoms with Crippen molar-refractivity contribution in [1.29, 1.82) is 0 Å². The van der Waals surface area contributed by atoms with Gasteiger partial charge in [0.1, 0.15) is 0 Å². The van der Waals surface area contributed by atoms with Crippen molar-refractivity contribution in [3.8, 4) is 5.69 Å². The number of para-hydroxylation sites is 1. The molecule has 1 saturated carbocycles. The normalized spacial score (nSPS) is 16.7. The third kappa shape index (κ3) is 2.62. The number of aromatic nitrogens is 2. The van der Waals surface area contributed by atoms with Gasteiger partial charge in [0.15, 0.2) is 0 Å². The molecular weight excluding hydrogens is 224 g/mol. The van der Waals surface area contributed by atoms with Crippen molar-refractivity contribution in [3.05, 3.63) is 48.3 Å². The van der Waals surface area contributed by atoms with Gasteiger partial charge >= 0.3 is 0 Å². The Balaban J connectivity index is 1.68. The van der Waals surface area contributed by atoms with E-state index in [-0.39, 0.29) is 0 Å². The van der Waals surface area contributed by atoms with E-state index < -0.39 is 6.10 Å². The summed E-state index contributed by atoms with van der Waals surface area (Å²) in [5, 5.41) is 14.5. The number of rotatable bonds is 5. The molecule has 94 valence electrons. The molecule has 0 aliphatic heterocycles. The van der Waals surface area contributed by atoms with Crippen LogP contribution in [0.1, 0.15) is 37.5 Å². The molecule has 18 heavy (non-hydrogen) atoms. The Morgan fingerprint density at radius 3 is 2.72 bits per heavy atom. The molecule has 0 bridgehead atoms. The van der Waals surface area contributed by atoms with E-state index >= 15 is 0 Å². The van der Waals surface area contributed by atoms with Gasteiger partial charge in [-0.3, -0.25) is 0 Å². The van der Waals surface area contributed by atoms with Crippen molar-refractivity contribution < 1.29 is 5.11 Å². The Kier molecular flexibility index (Phi) is 3.15. The first-order valence-electron chi connectivity index (χ1n) is 6.62. The molecule has 1 aromatic heterocycles. The molecule has 1 N–H and O–H groups in total. The Morgan fingerprint density at radius 2 is 2.00 bits per heavy atom. The number of hydrogen-bond acceptors (Lipinski definition) is 2. The first-order chi connectivity index (χ1) is 8.83. The highest BCUT2D eigenvalue weighted by atomic mass is 16.3. The number of benzene rings is 1. The lowest BCUT2D eigenvalue weighted by Gasteiger charge is -2.06. The fourth-order valence-corrected chi connectivity index (χ4v) is 2.19. The van der Waals surface area contributed by atoms with Gasteiger partial charge in [-0.1, -0.05) is 31.0 Å². The summed E-state index contributed by atoms with van der Waals surface area (Å²) in [6.45, 7) is 0. The Hall–Kier alpha value is -1.61. The Morgan fingerprint density at radius 1 is 1.22 bits per heavy atom. The molecule has 0 spiro atoms. The molecule has 1 aliphatic rings. The van der Waals surface area contributed by atoms with Gasteiger partial charge < -0.3 is 5.11 Å². The first-order valence-corrected chi connectivity index (χ1v) is 6.62. The van der Waals surface area contributed by atoms with E-state index in [0.29, 0.717) is 0 Å². The van der Waals surface area contributed by atoms with Crippen molar-refractivity contribution in [2.75, 3.05) is 0 Å². The van der Waals surface area contributed by atoms with E-state index in [1.165, 1.54) is 12.8 Å². The van der Waals surface area contributed by atoms with Crippen molar-refractivity contribution in [3.63, 3.8) is 0 Å². The molecule has 3 nitrogen and oxygen atoms in total. The summed E-state index contributed by atoms with van der Waals surface area (Å²) < 4.78 is 1.82. The molecule has 3 heteroatoms. The monoisotopic (exact) mass is 242 g/mol. The summed E-state index contributed by atoms with van der Waals surface area (Å²) in [5.41, 5.74) is 1.80. The molecular formula is C15H18N2O. The molecule has 2 aromatic rings. The largest absolute Gasteiger partial charge is 0.387 e. The van der Waals surface area contributed by atoms with E-state index in [2.05, 4.69) is 5.10 Å². The lowest BCUT2D eigenvalue weighted by molar-refractivity contribution is 0.157. The van der Waals surface area contributed by atoms with Crippen LogP contribution in [-0.4, -0.2) is 14.9 Å². The maximum Gasteiger partial charge on any atom is 0.0978 e. The number of aliphatic hydroxyl groups is 1. The topological polar surface area (TPSA) is 38.0 Å².